The van der Waals surface area contributed by atoms with Crippen molar-refractivity contribution in [1.29, 1.82) is 5.26 Å². The molecule has 0 spiro atoms. The highest BCUT2D eigenvalue weighted by Gasteiger charge is 2.34. The molecule has 0 radical (unpaired) electrons. The van der Waals surface area contributed by atoms with Crippen molar-refractivity contribution in [3.05, 3.63) is 0 Å². The van der Waals surface area contributed by atoms with E-state index in [1.165, 1.54) is 0 Å². The van der Waals surface area contributed by atoms with Crippen LogP contribution in [0.1, 0.15) is 39.5 Å². The normalized spacial score (nSPS) is 15.7. The summed E-state index contributed by atoms with van der Waals surface area (Å²) in [6.45, 7) is 4.19. The second-order valence-electron chi connectivity index (χ2n) is 5.30. The number of carbonyl (C=O) groups excluding carboxylic acids is 1. The molecule has 0 heterocycles. The molecule has 19 heavy (non-hydrogen) atoms. The Bertz CT molecular complexity index is 372. The maximum Gasteiger partial charge on any atom is 0.326 e. The second-order valence-corrected chi connectivity index (χ2v) is 5.30. The number of nitrogens with zero attached hydrogens (tertiary/aromatic N) is 2. The van der Waals surface area contributed by atoms with Gasteiger partial charge < -0.3 is 15.3 Å². The van der Waals surface area contributed by atoms with Crippen LogP contribution in [0.5, 0.6) is 0 Å². The van der Waals surface area contributed by atoms with Crippen LogP contribution in [0.25, 0.3) is 0 Å². The smallest absolute Gasteiger partial charge is 0.326 e. The van der Waals surface area contributed by atoms with Crippen LogP contribution in [-0.4, -0.2) is 40.6 Å². The lowest BCUT2D eigenvalue weighted by atomic mass is 10.0. The summed E-state index contributed by atoms with van der Waals surface area (Å²) < 4.78 is 0. The van der Waals surface area contributed by atoms with Gasteiger partial charge in [-0.3, -0.25) is 0 Å². The molecule has 0 aromatic rings. The fourth-order valence-corrected chi connectivity index (χ4v) is 1.93. The molecular weight excluding hydrogens is 246 g/mol. The molecule has 0 saturated heterocycles. The molecule has 1 saturated carbocycles. The Morgan fingerprint density at radius 2 is 2.11 bits per heavy atom. The van der Waals surface area contributed by atoms with Crippen LogP contribution in [0, 0.1) is 17.2 Å². The number of carboxylic acid groups (broad SMARTS) is 1. The van der Waals surface area contributed by atoms with Crippen LogP contribution in [0.15, 0.2) is 0 Å². The maximum absolute atomic E-state index is 12.1. The van der Waals surface area contributed by atoms with Gasteiger partial charge in [0.25, 0.3) is 0 Å². The zero-order valence-electron chi connectivity index (χ0n) is 11.4. The highest BCUT2D eigenvalue weighted by Crippen LogP contribution is 2.27. The highest BCUT2D eigenvalue weighted by atomic mass is 16.4. The first-order valence-electron chi connectivity index (χ1n) is 6.62. The van der Waals surface area contributed by atoms with E-state index >= 15 is 0 Å². The largest absolute Gasteiger partial charge is 0.480 e. The van der Waals surface area contributed by atoms with Gasteiger partial charge in [-0.25, -0.2) is 9.59 Å². The van der Waals surface area contributed by atoms with E-state index in [0.717, 1.165) is 12.8 Å². The van der Waals surface area contributed by atoms with Gasteiger partial charge in [-0.15, -0.1) is 0 Å². The molecule has 6 nitrogen and oxygen atoms in total. The van der Waals surface area contributed by atoms with Crippen LogP contribution in [0.4, 0.5) is 4.79 Å². The lowest BCUT2D eigenvalue weighted by Gasteiger charge is -2.25. The average molecular weight is 267 g/mol. The molecule has 1 rings (SSSR count). The van der Waals surface area contributed by atoms with Crippen LogP contribution in [0.2, 0.25) is 0 Å². The van der Waals surface area contributed by atoms with E-state index in [4.69, 9.17) is 10.4 Å². The number of urea groups is 1. The summed E-state index contributed by atoms with van der Waals surface area (Å²) in [5.41, 5.74) is 0. The molecular formula is C13H21N3O3. The summed E-state index contributed by atoms with van der Waals surface area (Å²) in [6.07, 6.45) is 2.53. The summed E-state index contributed by atoms with van der Waals surface area (Å²) in [7, 11) is 0. The zero-order valence-corrected chi connectivity index (χ0v) is 11.4. The first-order valence-corrected chi connectivity index (χ1v) is 6.62. The predicted octanol–water partition coefficient (Wildman–Crippen LogP) is 1.57. The van der Waals surface area contributed by atoms with Gasteiger partial charge in [-0.05, 0) is 25.2 Å². The molecule has 0 aliphatic heterocycles. The minimum atomic E-state index is -1.02. The van der Waals surface area contributed by atoms with Gasteiger partial charge in [0.15, 0.2) is 0 Å². The molecule has 2 N–H and O–H groups in total. The number of hydrogen-bond acceptors (Lipinski definition) is 3. The SMILES string of the molecule is CC(C)C[C@@H](NC(=O)N(CCC#N)C1CC1)C(=O)O. The second kappa shape index (κ2) is 6.98. The number of carboxylic acids is 1. The van der Waals surface area contributed by atoms with Gasteiger partial charge >= 0.3 is 12.0 Å². The van der Waals surface area contributed by atoms with Crippen LogP contribution in [0.3, 0.4) is 0 Å². The number of amides is 2. The van der Waals surface area contributed by atoms with Gasteiger partial charge in [-0.1, -0.05) is 13.8 Å². The minimum absolute atomic E-state index is 0.168. The molecule has 1 atom stereocenters. The summed E-state index contributed by atoms with van der Waals surface area (Å²) in [6, 6.07) is 0.940. The molecule has 106 valence electrons. The van der Waals surface area contributed by atoms with Crippen LogP contribution >= 0.6 is 0 Å². The van der Waals surface area contributed by atoms with E-state index < -0.39 is 12.0 Å². The van der Waals surface area contributed by atoms with E-state index in [-0.39, 0.29) is 24.4 Å². The Morgan fingerprint density at radius 1 is 1.47 bits per heavy atom. The molecule has 0 unspecified atom stereocenters. The van der Waals surface area contributed by atoms with Gasteiger partial charge in [0.1, 0.15) is 6.04 Å². The third kappa shape index (κ3) is 5.16. The fraction of sp³-hybridized carbons (Fsp3) is 0.769. The molecule has 1 aliphatic carbocycles. The van der Waals surface area contributed by atoms with Gasteiger partial charge in [0, 0.05) is 12.6 Å². The zero-order chi connectivity index (χ0) is 14.4. The van der Waals surface area contributed by atoms with Crippen molar-refractivity contribution in [2.24, 2.45) is 5.92 Å². The quantitative estimate of drug-likeness (QED) is 0.732. The third-order valence-corrected chi connectivity index (χ3v) is 3.02. The van der Waals surface area contributed by atoms with Crippen molar-refractivity contribution < 1.29 is 14.7 Å². The van der Waals surface area contributed by atoms with Crippen molar-refractivity contribution in [3.8, 4) is 6.07 Å². The predicted molar refractivity (Wildman–Crippen MR) is 69.4 cm³/mol. The molecule has 6 heteroatoms. The van der Waals surface area contributed by atoms with E-state index in [1.54, 1.807) is 4.90 Å². The number of rotatable bonds is 7. The molecule has 2 amide bonds. The first kappa shape index (κ1) is 15.3. The number of nitriles is 1. The summed E-state index contributed by atoms with van der Waals surface area (Å²) >= 11 is 0. The van der Waals surface area contributed by atoms with Gasteiger partial charge in [0.05, 0.1) is 12.5 Å². The van der Waals surface area contributed by atoms with Crippen molar-refractivity contribution in [1.82, 2.24) is 10.2 Å². The van der Waals surface area contributed by atoms with Crippen LogP contribution < -0.4 is 5.32 Å². The van der Waals surface area contributed by atoms with E-state index in [1.807, 2.05) is 19.9 Å². The van der Waals surface area contributed by atoms with Gasteiger partial charge in [0.2, 0.25) is 0 Å². The summed E-state index contributed by atoms with van der Waals surface area (Å²) in [5.74, 6) is -0.826. The molecule has 0 aromatic carbocycles. The number of hydrogen-bond donors (Lipinski definition) is 2. The fourth-order valence-electron chi connectivity index (χ4n) is 1.93. The van der Waals surface area contributed by atoms with E-state index in [2.05, 4.69) is 5.32 Å². The Balaban J connectivity index is 2.57. The lowest BCUT2D eigenvalue weighted by molar-refractivity contribution is -0.139. The average Bonchev–Trinajstić information content (AvgIpc) is 3.12. The highest BCUT2D eigenvalue weighted by molar-refractivity contribution is 5.82. The Morgan fingerprint density at radius 3 is 2.53 bits per heavy atom. The van der Waals surface area contributed by atoms with E-state index in [0.29, 0.717) is 13.0 Å². The lowest BCUT2D eigenvalue weighted by Crippen LogP contribution is -2.49. The number of nitrogens with one attached hydrogen (secondary N) is 1. The molecule has 0 bridgehead atoms. The Kier molecular flexibility index (Phi) is 5.61. The van der Waals surface area contributed by atoms with Crippen molar-refractivity contribution >= 4 is 12.0 Å². The Hall–Kier alpha value is -1.77. The first-order chi connectivity index (χ1) is 8.95. The van der Waals surface area contributed by atoms with Crippen molar-refractivity contribution in [2.75, 3.05) is 6.54 Å². The van der Waals surface area contributed by atoms with Crippen LogP contribution in [-0.2, 0) is 4.79 Å². The van der Waals surface area contributed by atoms with E-state index in [9.17, 15) is 9.59 Å². The topological polar surface area (TPSA) is 93.4 Å². The van der Waals surface area contributed by atoms with Crippen molar-refractivity contribution in [2.45, 2.75) is 51.6 Å². The maximum atomic E-state index is 12.1. The molecule has 1 aliphatic rings. The molecule has 1 fully saturated rings. The summed E-state index contributed by atoms with van der Waals surface area (Å²) in [4.78, 5) is 24.8. The third-order valence-electron chi connectivity index (χ3n) is 3.02. The number of carbonyl (C=O) groups is 2. The minimum Gasteiger partial charge on any atom is -0.480 e. The standard InChI is InChI=1S/C13H21N3O3/c1-9(2)8-11(12(17)18)15-13(19)16(7-3-6-14)10-4-5-10/h9-11H,3-5,7-8H2,1-2H3,(H,15,19)(H,17,18)/t11-/m1/s1. The summed E-state index contributed by atoms with van der Waals surface area (Å²) in [5, 5.41) is 20.2. The number of aliphatic carboxylic acids is 1. The van der Waals surface area contributed by atoms with Crippen molar-refractivity contribution in [3.63, 3.8) is 0 Å². The molecule has 0 aromatic heterocycles. The monoisotopic (exact) mass is 267 g/mol. The van der Waals surface area contributed by atoms with Gasteiger partial charge in [-0.2, -0.15) is 5.26 Å². The Labute approximate surface area is 113 Å².